The van der Waals surface area contributed by atoms with E-state index in [0.717, 1.165) is 22.3 Å². The van der Waals surface area contributed by atoms with Crippen LogP contribution in [-0.4, -0.2) is 17.6 Å². The zero-order valence-electron chi connectivity index (χ0n) is 17.0. The number of anilines is 1. The van der Waals surface area contributed by atoms with Crippen molar-refractivity contribution in [1.82, 2.24) is 0 Å². The van der Waals surface area contributed by atoms with Gasteiger partial charge in [-0.25, -0.2) is 4.90 Å². The number of rotatable bonds is 2. The van der Waals surface area contributed by atoms with E-state index in [4.69, 9.17) is 23.2 Å². The van der Waals surface area contributed by atoms with Crippen molar-refractivity contribution in [3.05, 3.63) is 99.0 Å². The van der Waals surface area contributed by atoms with Gasteiger partial charge in [-0.3, -0.25) is 14.4 Å². The first kappa shape index (κ1) is 19.7. The predicted octanol–water partition coefficient (Wildman–Crippen LogP) is 5.13. The molecule has 3 aromatic rings. The number of imide groups is 1. The summed E-state index contributed by atoms with van der Waals surface area (Å²) in [5.41, 5.74) is 2.71. The summed E-state index contributed by atoms with van der Waals surface area (Å²) < 4.78 is 0. The Morgan fingerprint density at radius 2 is 1.44 bits per heavy atom. The number of carbonyl (C=O) groups is 3. The number of amides is 2. The summed E-state index contributed by atoms with van der Waals surface area (Å²) in [5, 5.41) is 0.600. The maximum Gasteiger partial charge on any atom is 0.239 e. The molecular weight excluding hydrogens is 445 g/mol. The normalized spacial score (nSPS) is 27.2. The summed E-state index contributed by atoms with van der Waals surface area (Å²) in [6.07, 6.45) is 0. The molecule has 0 radical (unpaired) electrons. The molecular formula is C26H17Cl2NO3. The molecule has 32 heavy (non-hydrogen) atoms. The van der Waals surface area contributed by atoms with Crippen molar-refractivity contribution in [3.8, 4) is 0 Å². The van der Waals surface area contributed by atoms with Crippen LogP contribution in [0.5, 0.6) is 0 Å². The second-order valence-corrected chi connectivity index (χ2v) is 9.44. The summed E-state index contributed by atoms with van der Waals surface area (Å²) in [4.78, 5) is 42.5. The van der Waals surface area contributed by atoms with Gasteiger partial charge < -0.3 is 0 Å². The summed E-state index contributed by atoms with van der Waals surface area (Å²) in [7, 11) is 0. The maximum atomic E-state index is 13.9. The van der Waals surface area contributed by atoms with Crippen molar-refractivity contribution < 1.29 is 14.4 Å². The largest absolute Gasteiger partial charge is 0.299 e. The molecule has 2 unspecified atom stereocenters. The number of carbonyl (C=O) groups excluding carboxylic acids is 3. The van der Waals surface area contributed by atoms with Gasteiger partial charge in [-0.1, -0.05) is 71.7 Å². The number of hydrogen-bond acceptors (Lipinski definition) is 3. The molecule has 0 spiro atoms. The Kier molecular flexibility index (Phi) is 4.02. The highest BCUT2D eigenvalue weighted by Gasteiger charge is 2.69. The molecule has 1 fully saturated rings. The minimum atomic E-state index is -1.20. The topological polar surface area (TPSA) is 54.5 Å². The molecule has 7 rings (SSSR count). The molecule has 0 saturated carbocycles. The first-order chi connectivity index (χ1) is 15.4. The Morgan fingerprint density at radius 1 is 0.844 bits per heavy atom. The molecule has 1 heterocycles. The smallest absolute Gasteiger partial charge is 0.239 e. The van der Waals surface area contributed by atoms with Gasteiger partial charge in [-0.05, 0) is 47.4 Å². The van der Waals surface area contributed by atoms with Crippen LogP contribution in [0.3, 0.4) is 0 Å². The van der Waals surface area contributed by atoms with E-state index >= 15 is 0 Å². The van der Waals surface area contributed by atoms with Crippen molar-refractivity contribution in [2.24, 2.45) is 11.8 Å². The number of hydrogen-bond donors (Lipinski definition) is 0. The van der Waals surface area contributed by atoms with Crippen LogP contribution < -0.4 is 4.90 Å². The highest BCUT2D eigenvalue weighted by atomic mass is 35.5. The molecule has 0 N–H and O–H groups in total. The molecule has 2 bridgehead atoms. The molecule has 3 aromatic carbocycles. The van der Waals surface area contributed by atoms with Gasteiger partial charge in [-0.2, -0.15) is 0 Å². The average Bonchev–Trinajstić information content (AvgIpc) is 3.06. The van der Waals surface area contributed by atoms with Crippen molar-refractivity contribution in [2.45, 2.75) is 18.3 Å². The highest BCUT2D eigenvalue weighted by Crippen LogP contribution is 2.64. The van der Waals surface area contributed by atoms with Gasteiger partial charge in [-0.15, -0.1) is 0 Å². The van der Waals surface area contributed by atoms with E-state index in [9.17, 15) is 14.4 Å². The third-order valence-electron chi connectivity index (χ3n) is 7.33. The monoisotopic (exact) mass is 461 g/mol. The van der Waals surface area contributed by atoms with E-state index in [0.29, 0.717) is 10.7 Å². The van der Waals surface area contributed by atoms with Crippen LogP contribution in [0, 0.1) is 11.8 Å². The zero-order chi connectivity index (χ0) is 22.4. The second-order valence-electron chi connectivity index (χ2n) is 8.63. The van der Waals surface area contributed by atoms with E-state index in [1.165, 1.54) is 17.9 Å². The van der Waals surface area contributed by atoms with E-state index in [1.54, 1.807) is 12.1 Å². The third kappa shape index (κ3) is 2.17. The molecule has 4 nitrogen and oxygen atoms in total. The van der Waals surface area contributed by atoms with Crippen LogP contribution in [0.15, 0.2) is 66.7 Å². The van der Waals surface area contributed by atoms with E-state index in [2.05, 4.69) is 0 Å². The fourth-order valence-corrected chi connectivity index (χ4v) is 6.54. The SMILES string of the molecule is CC(=O)C12c3ccccc3C(c3ccccc31)C1C(=O)N(c3ccc(Cl)c(Cl)c3)C(=O)C12. The van der Waals surface area contributed by atoms with Gasteiger partial charge in [0.05, 0.1) is 33.0 Å². The Balaban J connectivity index is 1.66. The summed E-state index contributed by atoms with van der Waals surface area (Å²) >= 11 is 12.3. The number of nitrogens with zero attached hydrogens (tertiary/aromatic N) is 1. The van der Waals surface area contributed by atoms with Crippen LogP contribution in [-0.2, 0) is 19.8 Å². The van der Waals surface area contributed by atoms with E-state index in [1.807, 2.05) is 48.5 Å². The number of benzene rings is 3. The van der Waals surface area contributed by atoms with Crippen LogP contribution in [0.4, 0.5) is 5.69 Å². The Labute approximate surface area is 194 Å². The number of halogens is 2. The third-order valence-corrected chi connectivity index (χ3v) is 8.07. The van der Waals surface area contributed by atoms with Crippen LogP contribution >= 0.6 is 23.2 Å². The fourth-order valence-electron chi connectivity index (χ4n) is 6.25. The minimum Gasteiger partial charge on any atom is -0.299 e. The molecule has 1 aliphatic heterocycles. The first-order valence-corrected chi connectivity index (χ1v) is 11.2. The maximum absolute atomic E-state index is 13.9. The Morgan fingerprint density at radius 3 is 2.00 bits per heavy atom. The highest BCUT2D eigenvalue weighted by molar-refractivity contribution is 6.42. The standard InChI is InChI=1S/C26H17Cl2NO3/c1-13(30)26-17-8-4-2-6-15(17)21(16-7-3-5-9-18(16)26)22-23(26)25(32)29(24(22)31)14-10-11-19(27)20(28)12-14/h2-12,21-23H,1H3. The summed E-state index contributed by atoms with van der Waals surface area (Å²) in [6, 6.07) is 20.1. The lowest BCUT2D eigenvalue weighted by atomic mass is 9.46. The van der Waals surface area contributed by atoms with Crippen molar-refractivity contribution >= 4 is 46.5 Å². The number of ketones is 1. The number of Topliss-reactive ketones (excluding diaryl/α,β-unsaturated/α-hetero) is 1. The van der Waals surface area contributed by atoms with Gasteiger partial charge in [0.25, 0.3) is 0 Å². The summed E-state index contributed by atoms with van der Waals surface area (Å²) in [6.45, 7) is 1.52. The van der Waals surface area contributed by atoms with Gasteiger partial charge >= 0.3 is 0 Å². The van der Waals surface area contributed by atoms with Crippen molar-refractivity contribution in [1.29, 1.82) is 0 Å². The molecule has 2 atom stereocenters. The molecule has 2 amide bonds. The van der Waals surface area contributed by atoms with Crippen LogP contribution in [0.1, 0.15) is 35.1 Å². The molecule has 3 aliphatic carbocycles. The molecule has 158 valence electrons. The van der Waals surface area contributed by atoms with Crippen LogP contribution in [0.25, 0.3) is 0 Å². The predicted molar refractivity (Wildman–Crippen MR) is 122 cm³/mol. The molecule has 1 saturated heterocycles. The van der Waals surface area contributed by atoms with Crippen molar-refractivity contribution in [2.75, 3.05) is 4.90 Å². The lowest BCUT2D eigenvalue weighted by molar-refractivity contribution is -0.132. The Hall–Kier alpha value is -2.95. The molecule has 4 aliphatic rings. The lowest BCUT2D eigenvalue weighted by Gasteiger charge is -2.52. The molecule has 6 heteroatoms. The van der Waals surface area contributed by atoms with Crippen LogP contribution in [0.2, 0.25) is 10.0 Å². The quantitative estimate of drug-likeness (QED) is 0.496. The lowest BCUT2D eigenvalue weighted by Crippen LogP contribution is -2.57. The van der Waals surface area contributed by atoms with Gasteiger partial charge in [0.15, 0.2) is 0 Å². The van der Waals surface area contributed by atoms with Gasteiger partial charge in [0.1, 0.15) is 5.78 Å². The Bertz CT molecular complexity index is 1320. The van der Waals surface area contributed by atoms with E-state index in [-0.39, 0.29) is 28.5 Å². The fraction of sp³-hybridized carbons (Fsp3) is 0.192. The first-order valence-electron chi connectivity index (χ1n) is 10.4. The van der Waals surface area contributed by atoms with Crippen molar-refractivity contribution in [3.63, 3.8) is 0 Å². The van der Waals surface area contributed by atoms with Gasteiger partial charge in [0.2, 0.25) is 11.8 Å². The zero-order valence-corrected chi connectivity index (χ0v) is 18.5. The average molecular weight is 462 g/mol. The van der Waals surface area contributed by atoms with Gasteiger partial charge in [0, 0.05) is 5.92 Å². The minimum absolute atomic E-state index is 0.136. The second kappa shape index (κ2) is 6.53. The summed E-state index contributed by atoms with van der Waals surface area (Å²) in [5.74, 6) is -2.58. The molecule has 0 aromatic heterocycles. The van der Waals surface area contributed by atoms with E-state index < -0.39 is 17.3 Å².